The lowest BCUT2D eigenvalue weighted by Gasteiger charge is -2.43. The minimum absolute atomic E-state index is 0.00674. The number of amides is 1. The van der Waals surface area contributed by atoms with Gasteiger partial charge in [-0.3, -0.25) is 14.4 Å². The van der Waals surface area contributed by atoms with E-state index in [1.807, 2.05) is 20.8 Å². The molecule has 136 valence electrons. The van der Waals surface area contributed by atoms with E-state index in [9.17, 15) is 9.59 Å². The number of hydrogen-bond acceptors (Lipinski definition) is 4. The van der Waals surface area contributed by atoms with Crippen LogP contribution < -0.4 is 0 Å². The van der Waals surface area contributed by atoms with Crippen molar-refractivity contribution in [3.63, 3.8) is 0 Å². The van der Waals surface area contributed by atoms with Gasteiger partial charge in [-0.15, -0.1) is 0 Å². The lowest BCUT2D eigenvalue weighted by atomic mass is 9.79. The summed E-state index contributed by atoms with van der Waals surface area (Å²) in [5.41, 5.74) is -0.714. The van der Waals surface area contributed by atoms with E-state index in [1.165, 1.54) is 12.2 Å². The van der Waals surface area contributed by atoms with Gasteiger partial charge in [0.2, 0.25) is 5.91 Å². The Kier molecular flexibility index (Phi) is 7.65. The third kappa shape index (κ3) is 5.69. The summed E-state index contributed by atoms with van der Waals surface area (Å²) in [4.78, 5) is 29.7. The van der Waals surface area contributed by atoms with E-state index in [1.54, 1.807) is 7.05 Å². The largest absolute Gasteiger partial charge is 0.412 e. The predicted octanol–water partition coefficient (Wildman–Crippen LogP) is 3.79. The first-order valence-electron chi connectivity index (χ1n) is 8.22. The summed E-state index contributed by atoms with van der Waals surface area (Å²) >= 11 is 0. The molecule has 0 aliphatic rings. The van der Waals surface area contributed by atoms with Crippen LogP contribution in [0.4, 0.5) is 0 Å². The zero-order valence-electron chi connectivity index (χ0n) is 16.6. The lowest BCUT2D eigenvalue weighted by molar-refractivity contribution is -0.172. The molecule has 0 aromatic carbocycles. The van der Waals surface area contributed by atoms with E-state index >= 15 is 0 Å². The van der Waals surface area contributed by atoms with Gasteiger partial charge in [0.1, 0.15) is 5.78 Å². The van der Waals surface area contributed by atoms with E-state index in [0.717, 1.165) is 0 Å². The molecule has 0 rings (SSSR count). The molecule has 0 saturated heterocycles. The maximum Gasteiger partial charge on any atom is 0.248 e. The molecule has 1 atom stereocenters. The van der Waals surface area contributed by atoms with E-state index in [4.69, 9.17) is 9.26 Å². The van der Waals surface area contributed by atoms with E-state index < -0.39 is 19.8 Å². The second-order valence-electron chi connectivity index (χ2n) is 8.14. The summed E-state index contributed by atoms with van der Waals surface area (Å²) in [6, 6.07) is 0. The molecule has 0 radical (unpaired) electrons. The van der Waals surface area contributed by atoms with Crippen molar-refractivity contribution in [1.29, 1.82) is 0 Å². The first-order chi connectivity index (χ1) is 10.2. The summed E-state index contributed by atoms with van der Waals surface area (Å²) in [5, 5.41) is 1.20. The fraction of sp³-hybridized carbons (Fsp3) is 0.882. The fourth-order valence-corrected chi connectivity index (χ4v) is 3.44. The first kappa shape index (κ1) is 22.3. The molecule has 0 fully saturated rings. The summed E-state index contributed by atoms with van der Waals surface area (Å²) in [6.07, 6.45) is 0.106. The smallest absolute Gasteiger partial charge is 0.248 e. The normalized spacial score (nSPS) is 14.5. The van der Waals surface area contributed by atoms with Crippen molar-refractivity contribution in [1.82, 2.24) is 5.06 Å². The van der Waals surface area contributed by atoms with Crippen LogP contribution in [0.15, 0.2) is 0 Å². The minimum atomic E-state index is -2.11. The van der Waals surface area contributed by atoms with Crippen LogP contribution in [0.5, 0.6) is 0 Å². The SMILES string of the molecule is CCC(=O)C(C)(C)[C@H](CC(=O)N(C)OC)O[Si](C)(C)C(C)(C)C. The number of hydroxylamine groups is 2. The highest BCUT2D eigenvalue weighted by atomic mass is 28.4. The number of carbonyl (C=O) groups is 2. The van der Waals surface area contributed by atoms with E-state index in [-0.39, 0.29) is 23.1 Å². The highest BCUT2D eigenvalue weighted by molar-refractivity contribution is 6.74. The molecule has 0 aromatic rings. The molecule has 23 heavy (non-hydrogen) atoms. The maximum atomic E-state index is 12.4. The molecule has 6 heteroatoms. The molecule has 0 bridgehead atoms. The Balaban J connectivity index is 5.56. The van der Waals surface area contributed by atoms with Gasteiger partial charge in [0.05, 0.1) is 19.6 Å². The van der Waals surface area contributed by atoms with Crippen LogP contribution in [-0.4, -0.2) is 45.3 Å². The Labute approximate surface area is 142 Å². The zero-order valence-corrected chi connectivity index (χ0v) is 17.6. The van der Waals surface area contributed by atoms with Crippen LogP contribution in [0.25, 0.3) is 0 Å². The standard InChI is InChI=1S/C17H35NO4Si/c1-11-13(19)17(5,6)14(12-15(20)18(7)21-8)22-23(9,10)16(2,3)4/h14H,11-12H2,1-10H3/t14-/m0/s1. The predicted molar refractivity (Wildman–Crippen MR) is 95.5 cm³/mol. The van der Waals surface area contributed by atoms with Crippen molar-refractivity contribution >= 4 is 20.0 Å². The van der Waals surface area contributed by atoms with Crippen LogP contribution in [0.1, 0.15) is 54.4 Å². The van der Waals surface area contributed by atoms with Crippen molar-refractivity contribution in [2.24, 2.45) is 5.41 Å². The van der Waals surface area contributed by atoms with Gasteiger partial charge in [0, 0.05) is 18.9 Å². The summed E-state index contributed by atoms with van der Waals surface area (Å²) in [7, 11) is 0.906. The van der Waals surface area contributed by atoms with Gasteiger partial charge in [0.25, 0.3) is 0 Å². The Bertz CT molecular complexity index is 427. The monoisotopic (exact) mass is 345 g/mol. The number of rotatable bonds is 8. The molecule has 5 nitrogen and oxygen atoms in total. The topological polar surface area (TPSA) is 55.8 Å². The molecular formula is C17H35NO4Si. The van der Waals surface area contributed by atoms with Gasteiger partial charge in [-0.1, -0.05) is 41.5 Å². The summed E-state index contributed by atoms with van der Waals surface area (Å²) < 4.78 is 6.47. The molecule has 0 unspecified atom stereocenters. The Morgan fingerprint density at radius 2 is 1.61 bits per heavy atom. The second-order valence-corrected chi connectivity index (χ2v) is 12.9. The number of nitrogens with zero attached hydrogens (tertiary/aromatic N) is 1. The Hall–Kier alpha value is -0.723. The van der Waals surface area contributed by atoms with Gasteiger partial charge in [-0.05, 0) is 18.1 Å². The second kappa shape index (κ2) is 7.90. The first-order valence-corrected chi connectivity index (χ1v) is 11.1. The third-order valence-corrected chi connectivity index (χ3v) is 9.56. The lowest BCUT2D eigenvalue weighted by Crippen LogP contribution is -2.51. The van der Waals surface area contributed by atoms with Gasteiger partial charge >= 0.3 is 0 Å². The Morgan fingerprint density at radius 1 is 1.13 bits per heavy atom. The van der Waals surface area contributed by atoms with Crippen molar-refractivity contribution < 1.29 is 18.9 Å². The van der Waals surface area contributed by atoms with Crippen LogP contribution in [-0.2, 0) is 18.9 Å². The van der Waals surface area contributed by atoms with Gasteiger partial charge in [-0.25, -0.2) is 5.06 Å². The van der Waals surface area contributed by atoms with Crippen molar-refractivity contribution in [2.45, 2.75) is 78.6 Å². The number of carbonyl (C=O) groups excluding carboxylic acids is 2. The van der Waals surface area contributed by atoms with Gasteiger partial charge in [-0.2, -0.15) is 0 Å². The summed E-state index contributed by atoms with van der Waals surface area (Å²) in [5.74, 6) is -0.0812. The average molecular weight is 346 g/mol. The highest BCUT2D eigenvalue weighted by Crippen LogP contribution is 2.41. The molecule has 0 saturated carbocycles. The molecule has 0 aromatic heterocycles. The van der Waals surface area contributed by atoms with Crippen molar-refractivity contribution in [3.05, 3.63) is 0 Å². The van der Waals surface area contributed by atoms with Crippen molar-refractivity contribution in [3.8, 4) is 0 Å². The van der Waals surface area contributed by atoms with Crippen LogP contribution in [0.3, 0.4) is 0 Å². The minimum Gasteiger partial charge on any atom is -0.412 e. The van der Waals surface area contributed by atoms with Gasteiger partial charge in [0.15, 0.2) is 8.32 Å². The number of hydrogen-bond donors (Lipinski definition) is 0. The molecule has 0 N–H and O–H groups in total. The zero-order chi connectivity index (χ0) is 18.6. The third-order valence-electron chi connectivity index (χ3n) is 5.07. The quantitative estimate of drug-likeness (QED) is 0.496. The molecule has 0 aliphatic carbocycles. The Morgan fingerprint density at radius 3 is 1.96 bits per heavy atom. The fourth-order valence-electron chi connectivity index (χ4n) is 2.00. The number of ketones is 1. The number of Topliss-reactive ketones (excluding diaryl/α,β-unsaturated/α-hetero) is 1. The van der Waals surface area contributed by atoms with Crippen LogP contribution in [0, 0.1) is 5.41 Å². The van der Waals surface area contributed by atoms with E-state index in [2.05, 4.69) is 33.9 Å². The molecule has 1 amide bonds. The summed E-state index contributed by atoms with van der Waals surface area (Å²) in [6.45, 7) is 16.3. The molecule has 0 heterocycles. The maximum absolute atomic E-state index is 12.4. The molecule has 0 spiro atoms. The molecular weight excluding hydrogens is 310 g/mol. The van der Waals surface area contributed by atoms with Crippen molar-refractivity contribution in [2.75, 3.05) is 14.2 Å². The average Bonchev–Trinajstić information content (AvgIpc) is 2.42. The van der Waals surface area contributed by atoms with E-state index in [0.29, 0.717) is 6.42 Å². The van der Waals surface area contributed by atoms with Crippen LogP contribution >= 0.6 is 0 Å². The molecule has 0 aliphatic heterocycles. The van der Waals surface area contributed by atoms with Crippen LogP contribution in [0.2, 0.25) is 18.1 Å². The van der Waals surface area contributed by atoms with Gasteiger partial charge < -0.3 is 4.43 Å². The highest BCUT2D eigenvalue weighted by Gasteiger charge is 2.45.